The summed E-state index contributed by atoms with van der Waals surface area (Å²) < 4.78 is 2.16. The highest BCUT2D eigenvalue weighted by atomic mass is 16.1. The third-order valence-corrected chi connectivity index (χ3v) is 3.25. The molecule has 1 amide bonds. The number of nitrogens with zero attached hydrogens (tertiary/aromatic N) is 1. The van der Waals surface area contributed by atoms with Crippen LogP contribution in [0.25, 0.3) is 0 Å². The fourth-order valence-electron chi connectivity index (χ4n) is 1.94. The number of aryl methyl sites for hydroxylation is 1. The monoisotopic (exact) mass is 237 g/mol. The molecule has 0 radical (unpaired) electrons. The molecule has 0 unspecified atom stereocenters. The standard InChI is InChI=1S/C13H23N3O/c1-9-6-11(10(2)16(9)5)8-15-13(3,4)7-12(14)17/h6,15H,7-8H2,1-5H3,(H2,14,17). The number of amides is 1. The van der Waals surface area contributed by atoms with Crippen molar-refractivity contribution in [2.24, 2.45) is 12.8 Å². The Labute approximate surface area is 103 Å². The zero-order chi connectivity index (χ0) is 13.2. The fraction of sp³-hybridized carbons (Fsp3) is 0.615. The predicted molar refractivity (Wildman–Crippen MR) is 69.6 cm³/mol. The summed E-state index contributed by atoms with van der Waals surface area (Å²) in [7, 11) is 2.06. The van der Waals surface area contributed by atoms with Crippen LogP contribution >= 0.6 is 0 Å². The van der Waals surface area contributed by atoms with Gasteiger partial charge >= 0.3 is 0 Å². The molecular formula is C13H23N3O. The zero-order valence-electron chi connectivity index (χ0n) is 11.4. The van der Waals surface area contributed by atoms with Gasteiger partial charge in [0.2, 0.25) is 5.91 Å². The largest absolute Gasteiger partial charge is 0.370 e. The van der Waals surface area contributed by atoms with Crippen LogP contribution in [-0.2, 0) is 18.4 Å². The lowest BCUT2D eigenvalue weighted by Crippen LogP contribution is -2.42. The average molecular weight is 237 g/mol. The van der Waals surface area contributed by atoms with Crippen LogP contribution in [0, 0.1) is 13.8 Å². The molecular weight excluding hydrogens is 214 g/mol. The number of nitrogens with one attached hydrogen (secondary N) is 1. The van der Waals surface area contributed by atoms with E-state index in [1.54, 1.807) is 0 Å². The summed E-state index contributed by atoms with van der Waals surface area (Å²) in [6, 6.07) is 2.17. The van der Waals surface area contributed by atoms with Crippen LogP contribution in [0.2, 0.25) is 0 Å². The van der Waals surface area contributed by atoms with Gasteiger partial charge in [-0.2, -0.15) is 0 Å². The van der Waals surface area contributed by atoms with E-state index >= 15 is 0 Å². The van der Waals surface area contributed by atoms with Crippen molar-refractivity contribution in [3.8, 4) is 0 Å². The Morgan fingerprint density at radius 2 is 2.06 bits per heavy atom. The quantitative estimate of drug-likeness (QED) is 0.813. The molecule has 1 aromatic rings. The predicted octanol–water partition coefficient (Wildman–Crippen LogP) is 1.39. The summed E-state index contributed by atoms with van der Waals surface area (Å²) in [5, 5.41) is 3.37. The maximum Gasteiger partial charge on any atom is 0.219 e. The number of aromatic nitrogens is 1. The van der Waals surface area contributed by atoms with Gasteiger partial charge in [0.25, 0.3) is 0 Å². The molecule has 0 aliphatic rings. The third-order valence-electron chi connectivity index (χ3n) is 3.25. The lowest BCUT2D eigenvalue weighted by molar-refractivity contribution is -0.119. The van der Waals surface area contributed by atoms with Crippen molar-refractivity contribution in [3.05, 3.63) is 23.0 Å². The molecule has 0 fully saturated rings. The molecule has 1 rings (SSSR count). The molecule has 0 bridgehead atoms. The van der Waals surface area contributed by atoms with Crippen molar-refractivity contribution < 1.29 is 4.79 Å². The van der Waals surface area contributed by atoms with E-state index in [1.165, 1.54) is 17.0 Å². The molecule has 17 heavy (non-hydrogen) atoms. The molecule has 0 atom stereocenters. The lowest BCUT2D eigenvalue weighted by atomic mass is 10.00. The highest BCUT2D eigenvalue weighted by molar-refractivity contribution is 5.74. The number of rotatable bonds is 5. The number of primary amides is 1. The Hall–Kier alpha value is -1.29. The van der Waals surface area contributed by atoms with Gasteiger partial charge in [-0.15, -0.1) is 0 Å². The molecule has 0 spiro atoms. The summed E-state index contributed by atoms with van der Waals surface area (Å²) in [5.74, 6) is -0.275. The van der Waals surface area contributed by atoms with E-state index in [0.717, 1.165) is 6.54 Å². The molecule has 0 saturated carbocycles. The smallest absolute Gasteiger partial charge is 0.219 e. The summed E-state index contributed by atoms with van der Waals surface area (Å²) >= 11 is 0. The van der Waals surface area contributed by atoms with Crippen molar-refractivity contribution in [3.63, 3.8) is 0 Å². The van der Waals surface area contributed by atoms with Crippen molar-refractivity contribution in [2.75, 3.05) is 0 Å². The van der Waals surface area contributed by atoms with E-state index in [1.807, 2.05) is 13.8 Å². The van der Waals surface area contributed by atoms with Crippen molar-refractivity contribution in [1.82, 2.24) is 9.88 Å². The molecule has 0 aliphatic carbocycles. The Kier molecular flexibility index (Phi) is 3.98. The second kappa shape index (κ2) is 4.92. The number of nitrogens with two attached hydrogens (primary N) is 1. The van der Waals surface area contributed by atoms with Gasteiger partial charge in [-0.3, -0.25) is 4.79 Å². The minimum absolute atomic E-state index is 0.262. The third kappa shape index (κ3) is 3.60. The Morgan fingerprint density at radius 3 is 2.47 bits per heavy atom. The van der Waals surface area contributed by atoms with Crippen LogP contribution in [0.3, 0.4) is 0 Å². The summed E-state index contributed by atoms with van der Waals surface area (Å²) in [6.07, 6.45) is 0.345. The Morgan fingerprint density at radius 1 is 1.47 bits per heavy atom. The fourth-order valence-corrected chi connectivity index (χ4v) is 1.94. The molecule has 96 valence electrons. The lowest BCUT2D eigenvalue weighted by Gasteiger charge is -2.24. The molecule has 0 saturated heterocycles. The first-order valence-corrected chi connectivity index (χ1v) is 5.88. The van der Waals surface area contributed by atoms with E-state index in [4.69, 9.17) is 5.73 Å². The van der Waals surface area contributed by atoms with Crippen LogP contribution in [-0.4, -0.2) is 16.0 Å². The van der Waals surface area contributed by atoms with Crippen molar-refractivity contribution in [2.45, 2.75) is 46.2 Å². The molecule has 1 aromatic heterocycles. The second-order valence-corrected chi connectivity index (χ2v) is 5.34. The van der Waals surface area contributed by atoms with Crippen LogP contribution in [0.4, 0.5) is 0 Å². The average Bonchev–Trinajstić information content (AvgIpc) is 2.41. The first kappa shape index (κ1) is 13.8. The molecule has 0 aliphatic heterocycles. The van der Waals surface area contributed by atoms with E-state index in [0.29, 0.717) is 6.42 Å². The minimum atomic E-state index is -0.275. The molecule has 1 heterocycles. The molecule has 4 heteroatoms. The first-order chi connectivity index (χ1) is 7.73. The maximum absolute atomic E-state index is 10.9. The molecule has 3 N–H and O–H groups in total. The van der Waals surface area contributed by atoms with Gasteiger partial charge in [0.1, 0.15) is 0 Å². The van der Waals surface area contributed by atoms with Gasteiger partial charge in [0, 0.05) is 36.9 Å². The maximum atomic E-state index is 10.9. The Balaban J connectivity index is 2.67. The number of hydrogen-bond acceptors (Lipinski definition) is 2. The Bertz CT molecular complexity index is 419. The van der Waals surface area contributed by atoms with E-state index in [-0.39, 0.29) is 11.4 Å². The van der Waals surface area contributed by atoms with Crippen LogP contribution in [0.1, 0.15) is 37.2 Å². The second-order valence-electron chi connectivity index (χ2n) is 5.34. The highest BCUT2D eigenvalue weighted by Crippen LogP contribution is 2.15. The van der Waals surface area contributed by atoms with Crippen LogP contribution in [0.5, 0.6) is 0 Å². The molecule has 4 nitrogen and oxygen atoms in total. The van der Waals surface area contributed by atoms with E-state index in [9.17, 15) is 4.79 Å². The van der Waals surface area contributed by atoms with E-state index < -0.39 is 0 Å². The van der Waals surface area contributed by atoms with Crippen molar-refractivity contribution >= 4 is 5.91 Å². The van der Waals surface area contributed by atoms with Gasteiger partial charge in [0.15, 0.2) is 0 Å². The summed E-state index contributed by atoms with van der Waals surface area (Å²) in [5.41, 5.74) is 8.72. The van der Waals surface area contributed by atoms with Gasteiger partial charge in [-0.1, -0.05) is 0 Å². The summed E-state index contributed by atoms with van der Waals surface area (Å²) in [6.45, 7) is 8.93. The van der Waals surface area contributed by atoms with Gasteiger partial charge in [-0.25, -0.2) is 0 Å². The first-order valence-electron chi connectivity index (χ1n) is 5.88. The normalized spacial score (nSPS) is 11.8. The van der Waals surface area contributed by atoms with E-state index in [2.05, 4.69) is 36.8 Å². The van der Waals surface area contributed by atoms with Crippen LogP contribution in [0.15, 0.2) is 6.07 Å². The van der Waals surface area contributed by atoms with Crippen LogP contribution < -0.4 is 11.1 Å². The van der Waals surface area contributed by atoms with Gasteiger partial charge in [-0.05, 0) is 39.3 Å². The van der Waals surface area contributed by atoms with Gasteiger partial charge in [0.05, 0.1) is 0 Å². The van der Waals surface area contributed by atoms with Crippen molar-refractivity contribution in [1.29, 1.82) is 0 Å². The highest BCUT2D eigenvalue weighted by Gasteiger charge is 2.20. The number of carbonyl (C=O) groups excluding carboxylic acids is 1. The molecule has 0 aromatic carbocycles. The topological polar surface area (TPSA) is 60.0 Å². The minimum Gasteiger partial charge on any atom is -0.370 e. The SMILES string of the molecule is Cc1cc(CNC(C)(C)CC(N)=O)c(C)n1C. The van der Waals surface area contributed by atoms with Gasteiger partial charge < -0.3 is 15.6 Å². The number of hydrogen-bond donors (Lipinski definition) is 2. The summed E-state index contributed by atoms with van der Waals surface area (Å²) in [4.78, 5) is 10.9. The number of carbonyl (C=O) groups is 1. The zero-order valence-corrected chi connectivity index (χ0v) is 11.4.